The number of halogens is 2. The van der Waals surface area contributed by atoms with Crippen molar-refractivity contribution >= 4 is 23.2 Å². The molecule has 1 atom stereocenters. The molecule has 1 saturated heterocycles. The molecule has 1 N–H and O–H groups in total. The molecule has 0 spiro atoms. The van der Waals surface area contributed by atoms with E-state index in [9.17, 15) is 14.4 Å². The summed E-state index contributed by atoms with van der Waals surface area (Å²) in [5.74, 6) is 0.0917. The maximum atomic E-state index is 14.0. The normalized spacial score (nSPS) is 16.5. The molecule has 9 heteroatoms. The quantitative estimate of drug-likeness (QED) is 0.159. The summed E-state index contributed by atoms with van der Waals surface area (Å²) in [6, 6.07) is 43.5. The third kappa shape index (κ3) is 6.42. The van der Waals surface area contributed by atoms with Gasteiger partial charge in [0.25, 0.3) is 5.91 Å². The molecule has 0 radical (unpaired) electrons. The van der Waals surface area contributed by atoms with Gasteiger partial charge in [-0.3, -0.25) is 9.48 Å². The predicted molar refractivity (Wildman–Crippen MR) is 204 cm³/mol. The van der Waals surface area contributed by atoms with E-state index in [-0.39, 0.29) is 18.3 Å². The van der Waals surface area contributed by atoms with E-state index in [1.165, 1.54) is 12.1 Å². The van der Waals surface area contributed by atoms with Crippen molar-refractivity contribution in [2.45, 2.75) is 30.9 Å². The van der Waals surface area contributed by atoms with Gasteiger partial charge in [-0.15, -0.1) is 0 Å². The van der Waals surface area contributed by atoms with Crippen molar-refractivity contribution in [1.29, 1.82) is 5.26 Å². The Balaban J connectivity index is 1.10. The lowest BCUT2D eigenvalue weighted by Gasteiger charge is -2.39. The second kappa shape index (κ2) is 14.3. The molecular weight excluding hydrogens is 685 g/mol. The van der Waals surface area contributed by atoms with Crippen LogP contribution in [0.1, 0.15) is 35.1 Å². The van der Waals surface area contributed by atoms with Crippen LogP contribution in [0.5, 0.6) is 5.75 Å². The van der Waals surface area contributed by atoms with Crippen LogP contribution in [0, 0.1) is 22.6 Å². The number of nitrogens with zero attached hydrogens (tertiary/aromatic N) is 4. The molecular formula is C44H37ClFN5O2. The summed E-state index contributed by atoms with van der Waals surface area (Å²) in [6.07, 6.45) is 4.61. The van der Waals surface area contributed by atoms with Crippen LogP contribution < -0.4 is 10.1 Å². The summed E-state index contributed by atoms with van der Waals surface area (Å²) in [5, 5.41) is 19.1. The highest BCUT2D eigenvalue weighted by molar-refractivity contribution is 6.31. The molecule has 1 aromatic heterocycles. The van der Waals surface area contributed by atoms with Gasteiger partial charge in [0.05, 0.1) is 29.9 Å². The lowest BCUT2D eigenvalue weighted by atomic mass is 9.75. The number of ether oxygens (including phenoxy) is 1. The number of hydrogen-bond donors (Lipinski definition) is 1. The zero-order chi connectivity index (χ0) is 36.4. The molecule has 7 nitrogen and oxygen atoms in total. The maximum Gasteiger partial charge on any atom is 0.265 e. The average Bonchev–Trinajstić information content (AvgIpc) is 3.70. The molecule has 0 saturated carbocycles. The number of rotatable bonds is 8. The lowest BCUT2D eigenvalue weighted by Crippen LogP contribution is -2.51. The standard InChI is InChI=1S/C44H37ClFN5O2/c45-36-24-38(32-27-49-51(29-32)44(33-10-4-1-5-11-33,34-12-6-2-7-13-34)35-14-8-3-9-15-35)41-39(25-36)48-28-40(53-41)42(52)50-22-20-43(30-47,21-23-50)26-31-16-18-37(46)19-17-31/h1-19,24-25,27,29,40,48H,20-23,26,28H2. The number of hydrogen-bond acceptors (Lipinski definition) is 5. The van der Waals surface area contributed by atoms with Gasteiger partial charge >= 0.3 is 0 Å². The summed E-state index contributed by atoms with van der Waals surface area (Å²) in [5.41, 5.74) is 4.82. The van der Waals surface area contributed by atoms with Crippen molar-refractivity contribution in [2.75, 3.05) is 25.0 Å². The highest BCUT2D eigenvalue weighted by Crippen LogP contribution is 2.45. The number of fused-ring (bicyclic) bond motifs is 1. The topological polar surface area (TPSA) is 83.2 Å². The number of aromatic nitrogens is 2. The van der Waals surface area contributed by atoms with Gasteiger partial charge in [0.15, 0.2) is 11.9 Å². The minimum Gasteiger partial charge on any atom is -0.476 e. The molecule has 0 aliphatic carbocycles. The van der Waals surface area contributed by atoms with E-state index < -0.39 is 17.1 Å². The third-order valence-corrected chi connectivity index (χ3v) is 10.8. The van der Waals surface area contributed by atoms with E-state index in [1.54, 1.807) is 17.0 Å². The fourth-order valence-corrected chi connectivity index (χ4v) is 8.07. The minimum atomic E-state index is -0.804. The fraction of sp³-hybridized carbons (Fsp3) is 0.205. The first-order chi connectivity index (χ1) is 25.9. The fourth-order valence-electron chi connectivity index (χ4n) is 7.85. The van der Waals surface area contributed by atoms with Gasteiger partial charge in [0, 0.05) is 35.4 Å². The second-order valence-electron chi connectivity index (χ2n) is 13.8. The average molecular weight is 722 g/mol. The van der Waals surface area contributed by atoms with Crippen LogP contribution in [0.3, 0.4) is 0 Å². The minimum absolute atomic E-state index is 0.135. The van der Waals surface area contributed by atoms with Crippen LogP contribution in [0.4, 0.5) is 10.1 Å². The molecule has 53 heavy (non-hydrogen) atoms. The predicted octanol–water partition coefficient (Wildman–Crippen LogP) is 8.73. The van der Waals surface area contributed by atoms with Crippen molar-refractivity contribution in [3.63, 3.8) is 0 Å². The van der Waals surface area contributed by atoms with E-state index in [0.29, 0.717) is 54.4 Å². The highest BCUT2D eigenvalue weighted by atomic mass is 35.5. The zero-order valence-corrected chi connectivity index (χ0v) is 29.7. The Morgan fingerprint density at radius 3 is 2.06 bits per heavy atom. The van der Waals surface area contributed by atoms with Gasteiger partial charge in [0.1, 0.15) is 11.4 Å². The number of nitriles is 1. The zero-order valence-electron chi connectivity index (χ0n) is 29.0. The number of amides is 1. The summed E-state index contributed by atoms with van der Waals surface area (Å²) < 4.78 is 22.1. The smallest absolute Gasteiger partial charge is 0.265 e. The Hall–Kier alpha value is -5.91. The Bertz CT molecular complexity index is 2170. The van der Waals surface area contributed by atoms with Gasteiger partial charge in [0.2, 0.25) is 0 Å². The first-order valence-electron chi connectivity index (χ1n) is 17.8. The molecule has 3 heterocycles. The van der Waals surface area contributed by atoms with Gasteiger partial charge in [-0.1, -0.05) is 115 Å². The van der Waals surface area contributed by atoms with E-state index in [1.807, 2.05) is 83.8 Å². The Morgan fingerprint density at radius 1 is 0.906 bits per heavy atom. The number of benzene rings is 5. The molecule has 0 bridgehead atoms. The largest absolute Gasteiger partial charge is 0.476 e. The number of carbonyl (C=O) groups excluding carboxylic acids is 1. The number of carbonyl (C=O) groups is 1. The summed E-state index contributed by atoms with van der Waals surface area (Å²) in [6.45, 7) is 1.14. The molecule has 264 valence electrons. The molecule has 1 unspecified atom stereocenters. The van der Waals surface area contributed by atoms with Gasteiger partial charge in [-0.05, 0) is 65.8 Å². The molecule has 5 aromatic carbocycles. The number of likely N-dealkylation sites (tertiary alicyclic amines) is 1. The van der Waals surface area contributed by atoms with Crippen molar-refractivity contribution < 1.29 is 13.9 Å². The highest BCUT2D eigenvalue weighted by Gasteiger charge is 2.41. The van der Waals surface area contributed by atoms with E-state index in [0.717, 1.165) is 27.8 Å². The van der Waals surface area contributed by atoms with Crippen LogP contribution in [-0.2, 0) is 16.8 Å². The van der Waals surface area contributed by atoms with Gasteiger partial charge in [-0.25, -0.2) is 4.39 Å². The summed E-state index contributed by atoms with van der Waals surface area (Å²) in [7, 11) is 0. The Kier molecular flexibility index (Phi) is 9.19. The summed E-state index contributed by atoms with van der Waals surface area (Å²) >= 11 is 6.70. The first-order valence-corrected chi connectivity index (χ1v) is 18.2. The number of piperidine rings is 1. The number of anilines is 1. The van der Waals surface area contributed by atoms with Gasteiger partial charge < -0.3 is 15.0 Å². The maximum absolute atomic E-state index is 14.0. The molecule has 2 aliphatic heterocycles. The van der Waals surface area contributed by atoms with Crippen LogP contribution in [-0.4, -0.2) is 46.3 Å². The molecule has 1 fully saturated rings. The van der Waals surface area contributed by atoms with Crippen LogP contribution in [0.15, 0.2) is 140 Å². The van der Waals surface area contributed by atoms with Crippen molar-refractivity contribution in [2.24, 2.45) is 5.41 Å². The molecule has 1 amide bonds. The van der Waals surface area contributed by atoms with Crippen molar-refractivity contribution in [3.8, 4) is 22.9 Å². The van der Waals surface area contributed by atoms with Gasteiger partial charge in [-0.2, -0.15) is 10.4 Å². The second-order valence-corrected chi connectivity index (χ2v) is 14.3. The van der Waals surface area contributed by atoms with Crippen LogP contribution >= 0.6 is 11.6 Å². The van der Waals surface area contributed by atoms with Crippen molar-refractivity contribution in [3.05, 3.63) is 173 Å². The molecule has 2 aliphatic rings. The van der Waals surface area contributed by atoms with Crippen molar-refractivity contribution in [1.82, 2.24) is 14.7 Å². The van der Waals surface area contributed by atoms with E-state index >= 15 is 0 Å². The third-order valence-electron chi connectivity index (χ3n) is 10.6. The van der Waals surface area contributed by atoms with Crippen LogP contribution in [0.2, 0.25) is 5.02 Å². The first kappa shape index (κ1) is 34.2. The lowest BCUT2D eigenvalue weighted by molar-refractivity contribution is -0.140. The Labute approximate surface area is 313 Å². The molecule has 6 aromatic rings. The molecule has 8 rings (SSSR count). The Morgan fingerprint density at radius 2 is 1.49 bits per heavy atom. The number of nitrogens with one attached hydrogen (secondary N) is 1. The van der Waals surface area contributed by atoms with E-state index in [2.05, 4.69) is 47.8 Å². The van der Waals surface area contributed by atoms with Crippen LogP contribution in [0.25, 0.3) is 11.1 Å². The van der Waals surface area contributed by atoms with E-state index in [4.69, 9.17) is 21.4 Å². The summed E-state index contributed by atoms with van der Waals surface area (Å²) in [4.78, 5) is 15.8. The SMILES string of the molecule is N#CC1(Cc2ccc(F)cc2)CCN(C(=O)C2CNc3cc(Cl)cc(-c4cnn(C(c5ccccc5)(c5ccccc5)c5ccccc5)c4)c3O2)CC1. The monoisotopic (exact) mass is 721 g/mol.